The first-order valence-corrected chi connectivity index (χ1v) is 9.79. The van der Waals surface area contributed by atoms with E-state index >= 15 is 0 Å². The van der Waals surface area contributed by atoms with Crippen LogP contribution in [0, 0.1) is 0 Å². The number of nitrogens with one attached hydrogen (secondary N) is 1. The fourth-order valence-corrected chi connectivity index (χ4v) is 3.45. The highest BCUT2D eigenvalue weighted by Gasteiger charge is 2.19. The lowest BCUT2D eigenvalue weighted by Crippen LogP contribution is -2.33. The maximum Gasteiger partial charge on any atom is 0.272 e. The molecule has 5 nitrogen and oxygen atoms in total. The number of halogens is 1. The summed E-state index contributed by atoms with van der Waals surface area (Å²) in [6, 6.07) is 10.8. The molecule has 0 atom stereocenters. The van der Waals surface area contributed by atoms with Crippen molar-refractivity contribution in [2.75, 3.05) is 19.6 Å². The number of likely N-dealkylation sites (tertiary alicyclic amines) is 1. The summed E-state index contributed by atoms with van der Waals surface area (Å²) in [7, 11) is 0. The van der Waals surface area contributed by atoms with Crippen LogP contribution in [0.5, 0.6) is 0 Å². The van der Waals surface area contributed by atoms with Gasteiger partial charge in [-0.15, -0.1) is 0 Å². The van der Waals surface area contributed by atoms with Gasteiger partial charge in [-0.25, -0.2) is 0 Å². The second kappa shape index (κ2) is 9.51. The van der Waals surface area contributed by atoms with Gasteiger partial charge in [0, 0.05) is 36.4 Å². The van der Waals surface area contributed by atoms with Gasteiger partial charge in [-0.05, 0) is 49.1 Å². The van der Waals surface area contributed by atoms with E-state index in [2.05, 4.69) is 10.3 Å². The monoisotopic (exact) mass is 385 g/mol. The first-order chi connectivity index (χ1) is 13.1. The van der Waals surface area contributed by atoms with E-state index in [1.165, 1.54) is 6.20 Å². The normalized spacial score (nSPS) is 14.5. The largest absolute Gasteiger partial charge is 0.352 e. The number of aromatic nitrogens is 1. The molecule has 1 aromatic heterocycles. The summed E-state index contributed by atoms with van der Waals surface area (Å²) in [5.74, 6) is -0.296. The number of amides is 2. The smallest absolute Gasteiger partial charge is 0.272 e. The number of hydrogen-bond donors (Lipinski definition) is 1. The molecular formula is C21H24ClN3O2. The van der Waals surface area contributed by atoms with Crippen molar-refractivity contribution in [1.29, 1.82) is 0 Å². The number of carbonyl (C=O) groups is 2. The average Bonchev–Trinajstić information content (AvgIpc) is 2.97. The van der Waals surface area contributed by atoms with E-state index in [1.54, 1.807) is 12.1 Å². The lowest BCUT2D eigenvalue weighted by Gasteiger charge is -2.19. The summed E-state index contributed by atoms with van der Waals surface area (Å²) in [5.41, 5.74) is 1.85. The number of carbonyl (C=O) groups excluding carboxylic acids is 2. The van der Waals surface area contributed by atoms with Crippen LogP contribution in [-0.4, -0.2) is 41.3 Å². The highest BCUT2D eigenvalue weighted by atomic mass is 35.5. The lowest BCUT2D eigenvalue weighted by atomic mass is 10.1. The molecule has 2 aromatic rings. The molecule has 0 spiro atoms. The van der Waals surface area contributed by atoms with Crippen LogP contribution in [0.3, 0.4) is 0 Å². The fourth-order valence-electron chi connectivity index (χ4n) is 3.24. The van der Waals surface area contributed by atoms with Crippen LogP contribution in [0.1, 0.15) is 52.1 Å². The second-order valence-electron chi connectivity index (χ2n) is 6.77. The number of benzene rings is 1. The Labute approximate surface area is 164 Å². The number of rotatable bonds is 5. The Morgan fingerprint density at radius 1 is 1.07 bits per heavy atom. The molecular weight excluding hydrogens is 362 g/mol. The molecule has 1 N–H and O–H groups in total. The lowest BCUT2D eigenvalue weighted by molar-refractivity contribution is 0.0755. The molecule has 0 unspecified atom stereocenters. The first kappa shape index (κ1) is 19.4. The zero-order chi connectivity index (χ0) is 19.1. The third-order valence-corrected chi connectivity index (χ3v) is 4.96. The van der Waals surface area contributed by atoms with Gasteiger partial charge in [-0.3, -0.25) is 14.6 Å². The van der Waals surface area contributed by atoms with E-state index in [0.717, 1.165) is 44.3 Å². The Bertz CT molecular complexity index is 802. The van der Waals surface area contributed by atoms with E-state index in [0.29, 0.717) is 29.2 Å². The Kier molecular flexibility index (Phi) is 6.82. The molecule has 1 aromatic carbocycles. The topological polar surface area (TPSA) is 62.3 Å². The molecule has 2 amide bonds. The van der Waals surface area contributed by atoms with Crippen molar-refractivity contribution in [2.45, 2.75) is 32.1 Å². The van der Waals surface area contributed by atoms with Crippen molar-refractivity contribution in [3.8, 4) is 0 Å². The van der Waals surface area contributed by atoms with Gasteiger partial charge in [-0.1, -0.05) is 36.6 Å². The van der Waals surface area contributed by atoms with Gasteiger partial charge in [0.05, 0.1) is 0 Å². The van der Waals surface area contributed by atoms with Gasteiger partial charge in [0.1, 0.15) is 5.69 Å². The van der Waals surface area contributed by atoms with Crippen LogP contribution >= 0.6 is 11.6 Å². The molecule has 142 valence electrons. The van der Waals surface area contributed by atoms with Gasteiger partial charge >= 0.3 is 0 Å². The molecule has 1 fully saturated rings. The van der Waals surface area contributed by atoms with Crippen LogP contribution in [0.15, 0.2) is 42.6 Å². The minimum atomic E-state index is -0.204. The second-order valence-corrected chi connectivity index (χ2v) is 7.21. The first-order valence-electron chi connectivity index (χ1n) is 9.41. The SMILES string of the molecule is O=C(NCCc1cccc(Cl)c1)c1ccnc(C(=O)N2CCCCCC2)c1. The molecule has 0 bridgehead atoms. The summed E-state index contributed by atoms with van der Waals surface area (Å²) in [4.78, 5) is 31.1. The Hall–Kier alpha value is -2.40. The predicted octanol–water partition coefficient (Wildman–Crippen LogP) is 3.72. The van der Waals surface area contributed by atoms with E-state index in [4.69, 9.17) is 11.6 Å². The Morgan fingerprint density at radius 3 is 2.59 bits per heavy atom. The zero-order valence-corrected chi connectivity index (χ0v) is 16.0. The zero-order valence-electron chi connectivity index (χ0n) is 15.3. The van der Waals surface area contributed by atoms with E-state index in [1.807, 2.05) is 29.2 Å². The number of pyridine rings is 1. The van der Waals surface area contributed by atoms with Crippen LogP contribution in [0.4, 0.5) is 0 Å². The molecule has 0 aliphatic carbocycles. The predicted molar refractivity (Wildman–Crippen MR) is 106 cm³/mol. The average molecular weight is 386 g/mol. The molecule has 2 heterocycles. The summed E-state index contributed by atoms with van der Waals surface area (Å²) < 4.78 is 0. The highest BCUT2D eigenvalue weighted by molar-refractivity contribution is 6.30. The van der Waals surface area contributed by atoms with Crippen molar-refractivity contribution in [1.82, 2.24) is 15.2 Å². The minimum Gasteiger partial charge on any atom is -0.352 e. The van der Waals surface area contributed by atoms with E-state index < -0.39 is 0 Å². The van der Waals surface area contributed by atoms with Crippen molar-refractivity contribution >= 4 is 23.4 Å². The molecule has 1 aliphatic rings. The van der Waals surface area contributed by atoms with Crippen molar-refractivity contribution in [2.24, 2.45) is 0 Å². The van der Waals surface area contributed by atoms with Crippen LogP contribution in [-0.2, 0) is 6.42 Å². The third kappa shape index (κ3) is 5.54. The van der Waals surface area contributed by atoms with Crippen LogP contribution in [0.2, 0.25) is 5.02 Å². The molecule has 1 aliphatic heterocycles. The van der Waals surface area contributed by atoms with Gasteiger partial charge in [0.25, 0.3) is 11.8 Å². The molecule has 1 saturated heterocycles. The maximum atomic E-state index is 12.7. The molecule has 27 heavy (non-hydrogen) atoms. The van der Waals surface area contributed by atoms with Gasteiger partial charge in [0.2, 0.25) is 0 Å². The summed E-state index contributed by atoms with van der Waals surface area (Å²) in [6.07, 6.45) is 6.58. The van der Waals surface area contributed by atoms with Crippen LogP contribution in [0.25, 0.3) is 0 Å². The van der Waals surface area contributed by atoms with E-state index in [9.17, 15) is 9.59 Å². The van der Waals surface area contributed by atoms with Crippen LogP contribution < -0.4 is 5.32 Å². The Morgan fingerprint density at radius 2 is 1.85 bits per heavy atom. The van der Waals surface area contributed by atoms with Crippen molar-refractivity contribution in [3.05, 3.63) is 64.4 Å². The van der Waals surface area contributed by atoms with Crippen molar-refractivity contribution < 1.29 is 9.59 Å². The fraction of sp³-hybridized carbons (Fsp3) is 0.381. The minimum absolute atomic E-state index is 0.0922. The summed E-state index contributed by atoms with van der Waals surface area (Å²) in [6.45, 7) is 2.02. The summed E-state index contributed by atoms with van der Waals surface area (Å²) >= 11 is 5.97. The maximum absolute atomic E-state index is 12.7. The van der Waals surface area contributed by atoms with Gasteiger partial charge < -0.3 is 10.2 Å². The standard InChI is InChI=1S/C21H24ClN3O2/c22-18-7-5-6-16(14-18)8-10-24-20(26)17-9-11-23-19(15-17)21(27)25-12-3-1-2-4-13-25/h5-7,9,11,14-15H,1-4,8,10,12-13H2,(H,24,26). The molecule has 3 rings (SSSR count). The molecule has 0 radical (unpaired) electrons. The number of hydrogen-bond acceptors (Lipinski definition) is 3. The molecule has 6 heteroatoms. The summed E-state index contributed by atoms with van der Waals surface area (Å²) in [5, 5.41) is 3.57. The quantitative estimate of drug-likeness (QED) is 0.853. The molecule has 0 saturated carbocycles. The third-order valence-electron chi connectivity index (χ3n) is 4.72. The van der Waals surface area contributed by atoms with Gasteiger partial charge in [0.15, 0.2) is 0 Å². The Balaban J connectivity index is 1.58. The van der Waals surface area contributed by atoms with Crippen molar-refractivity contribution in [3.63, 3.8) is 0 Å². The highest BCUT2D eigenvalue weighted by Crippen LogP contribution is 2.14. The van der Waals surface area contributed by atoms with Gasteiger partial charge in [-0.2, -0.15) is 0 Å². The number of nitrogens with zero attached hydrogens (tertiary/aromatic N) is 2. The van der Waals surface area contributed by atoms with E-state index in [-0.39, 0.29) is 11.8 Å².